The van der Waals surface area contributed by atoms with Crippen molar-refractivity contribution >= 4 is 17.2 Å². The summed E-state index contributed by atoms with van der Waals surface area (Å²) in [7, 11) is 0. The Labute approximate surface area is 129 Å². The summed E-state index contributed by atoms with van der Waals surface area (Å²) in [6.45, 7) is 3.13. The summed E-state index contributed by atoms with van der Waals surface area (Å²) in [5.41, 5.74) is 6.29. The Morgan fingerprint density at radius 1 is 1.48 bits per heavy atom. The van der Waals surface area contributed by atoms with Crippen molar-refractivity contribution < 1.29 is 9.90 Å². The summed E-state index contributed by atoms with van der Waals surface area (Å²) in [6, 6.07) is 2.13. The smallest absolute Gasteiger partial charge is 0.217 e. The highest BCUT2D eigenvalue weighted by atomic mass is 32.1. The molecule has 2 heterocycles. The molecule has 1 saturated heterocycles. The second-order valence-electron chi connectivity index (χ2n) is 5.47. The molecule has 0 saturated carbocycles. The van der Waals surface area contributed by atoms with Crippen LogP contribution in [0.1, 0.15) is 36.1 Å². The highest BCUT2D eigenvalue weighted by molar-refractivity contribution is 7.10. The summed E-state index contributed by atoms with van der Waals surface area (Å²) in [6.07, 6.45) is 3.16. The van der Waals surface area contributed by atoms with Gasteiger partial charge in [-0.15, -0.1) is 11.3 Å². The summed E-state index contributed by atoms with van der Waals surface area (Å²) < 4.78 is 0. The molecule has 0 aromatic carbocycles. The van der Waals surface area contributed by atoms with E-state index in [2.05, 4.69) is 28.2 Å². The van der Waals surface area contributed by atoms with Gasteiger partial charge in [0.05, 0.1) is 6.61 Å². The number of rotatable bonds is 5. The normalized spacial score (nSPS) is 16.4. The predicted octanol–water partition coefficient (Wildman–Crippen LogP) is 1.57. The molecule has 0 spiro atoms. The fourth-order valence-electron chi connectivity index (χ4n) is 2.60. The Balaban J connectivity index is 1.79. The fraction of sp³-hybridized carbons (Fsp3) is 0.562. The van der Waals surface area contributed by atoms with Crippen LogP contribution in [-0.4, -0.2) is 35.6 Å². The van der Waals surface area contributed by atoms with Crippen LogP contribution in [-0.2, 0) is 11.3 Å². The zero-order valence-corrected chi connectivity index (χ0v) is 13.0. The average molecular weight is 306 g/mol. The topological polar surface area (TPSA) is 66.6 Å². The molecule has 1 aliphatic rings. The van der Waals surface area contributed by atoms with Gasteiger partial charge in [0.25, 0.3) is 0 Å². The monoisotopic (exact) mass is 306 g/mol. The predicted molar refractivity (Wildman–Crippen MR) is 84.7 cm³/mol. The van der Waals surface area contributed by atoms with E-state index < -0.39 is 0 Å². The number of aliphatic hydroxyl groups excluding tert-OH is 1. The molecule has 0 bridgehead atoms. The maximum absolute atomic E-state index is 10.9. The largest absolute Gasteiger partial charge is 0.395 e. The van der Waals surface area contributed by atoms with Gasteiger partial charge in [0, 0.05) is 35.2 Å². The van der Waals surface area contributed by atoms with Gasteiger partial charge in [0.2, 0.25) is 5.91 Å². The number of nitrogens with zero attached hydrogens (tertiary/aromatic N) is 1. The summed E-state index contributed by atoms with van der Waals surface area (Å²) in [5.74, 6) is 6.28. The Morgan fingerprint density at radius 2 is 2.24 bits per heavy atom. The van der Waals surface area contributed by atoms with E-state index in [1.165, 1.54) is 4.88 Å². The van der Waals surface area contributed by atoms with E-state index in [0.29, 0.717) is 18.8 Å². The van der Waals surface area contributed by atoms with Crippen LogP contribution in [0, 0.1) is 17.8 Å². The molecule has 1 aliphatic heterocycles. The SMILES string of the molecule is NC(=O)CC1CCN(Cc2cc(C#CCCO)cs2)CC1. The van der Waals surface area contributed by atoms with Gasteiger partial charge >= 0.3 is 0 Å². The molecule has 2 rings (SSSR count). The number of hydrogen-bond donors (Lipinski definition) is 2. The number of piperidine rings is 1. The first-order valence-electron chi connectivity index (χ1n) is 7.35. The molecule has 1 aromatic rings. The molecule has 114 valence electrons. The van der Waals surface area contributed by atoms with Crippen LogP contribution in [0.4, 0.5) is 0 Å². The first-order valence-corrected chi connectivity index (χ1v) is 8.23. The fourth-order valence-corrected chi connectivity index (χ4v) is 3.46. The van der Waals surface area contributed by atoms with E-state index in [-0.39, 0.29) is 12.5 Å². The van der Waals surface area contributed by atoms with Crippen molar-refractivity contribution in [3.05, 3.63) is 21.9 Å². The van der Waals surface area contributed by atoms with E-state index in [9.17, 15) is 4.79 Å². The molecular formula is C16H22N2O2S. The average Bonchev–Trinajstić information content (AvgIpc) is 2.88. The molecule has 0 unspecified atom stereocenters. The zero-order chi connectivity index (χ0) is 15.1. The van der Waals surface area contributed by atoms with Gasteiger partial charge in [0.1, 0.15) is 0 Å². The Hall–Kier alpha value is -1.35. The van der Waals surface area contributed by atoms with Gasteiger partial charge in [-0.2, -0.15) is 0 Å². The second kappa shape index (κ2) is 8.18. The second-order valence-corrected chi connectivity index (χ2v) is 6.46. The standard InChI is InChI=1S/C16H22N2O2S/c17-16(20)10-13-4-6-18(7-5-13)11-15-9-14(12-21-15)3-1-2-8-19/h9,12-13,19H,2,4-8,10-11H2,(H2,17,20). The molecule has 1 amide bonds. The van der Waals surface area contributed by atoms with Crippen LogP contribution < -0.4 is 5.73 Å². The molecule has 0 aliphatic carbocycles. The highest BCUT2D eigenvalue weighted by Gasteiger charge is 2.20. The van der Waals surface area contributed by atoms with Crippen molar-refractivity contribution in [1.82, 2.24) is 4.90 Å². The number of carbonyl (C=O) groups excluding carboxylic acids is 1. The van der Waals surface area contributed by atoms with Crippen molar-refractivity contribution in [1.29, 1.82) is 0 Å². The van der Waals surface area contributed by atoms with Crippen LogP contribution in [0.15, 0.2) is 11.4 Å². The Kier molecular flexibility index (Phi) is 6.24. The quantitative estimate of drug-likeness (QED) is 0.812. The molecule has 21 heavy (non-hydrogen) atoms. The lowest BCUT2D eigenvalue weighted by Crippen LogP contribution is -2.34. The van der Waals surface area contributed by atoms with Gasteiger partial charge < -0.3 is 10.8 Å². The number of hydrogen-bond acceptors (Lipinski definition) is 4. The first kappa shape index (κ1) is 16.0. The van der Waals surface area contributed by atoms with E-state index in [1.54, 1.807) is 11.3 Å². The number of amides is 1. The molecule has 1 aromatic heterocycles. The van der Waals surface area contributed by atoms with Crippen molar-refractivity contribution in [2.45, 2.75) is 32.2 Å². The number of primary amides is 1. The van der Waals surface area contributed by atoms with Crippen molar-refractivity contribution in [2.75, 3.05) is 19.7 Å². The van der Waals surface area contributed by atoms with E-state index >= 15 is 0 Å². The van der Waals surface area contributed by atoms with E-state index in [4.69, 9.17) is 10.8 Å². The molecule has 4 nitrogen and oxygen atoms in total. The zero-order valence-electron chi connectivity index (χ0n) is 12.2. The summed E-state index contributed by atoms with van der Waals surface area (Å²) in [4.78, 5) is 14.7. The number of nitrogens with two attached hydrogens (primary N) is 1. The van der Waals surface area contributed by atoms with Gasteiger partial charge in [-0.25, -0.2) is 0 Å². The number of likely N-dealkylation sites (tertiary alicyclic amines) is 1. The molecule has 3 N–H and O–H groups in total. The Bertz CT molecular complexity index is 522. The molecular weight excluding hydrogens is 284 g/mol. The van der Waals surface area contributed by atoms with E-state index in [0.717, 1.165) is 38.0 Å². The molecule has 5 heteroatoms. The van der Waals surface area contributed by atoms with Crippen LogP contribution in [0.25, 0.3) is 0 Å². The number of aliphatic hydroxyl groups is 1. The van der Waals surface area contributed by atoms with Gasteiger partial charge in [-0.1, -0.05) is 11.8 Å². The lowest BCUT2D eigenvalue weighted by molar-refractivity contribution is -0.119. The summed E-state index contributed by atoms with van der Waals surface area (Å²) >= 11 is 1.73. The highest BCUT2D eigenvalue weighted by Crippen LogP contribution is 2.23. The first-order chi connectivity index (χ1) is 10.2. The van der Waals surface area contributed by atoms with Crippen LogP contribution in [0.5, 0.6) is 0 Å². The van der Waals surface area contributed by atoms with Crippen molar-refractivity contribution in [2.24, 2.45) is 11.7 Å². The van der Waals surface area contributed by atoms with Gasteiger partial charge in [0.15, 0.2) is 0 Å². The van der Waals surface area contributed by atoms with Crippen LogP contribution >= 0.6 is 11.3 Å². The number of carbonyl (C=O) groups is 1. The summed E-state index contributed by atoms with van der Waals surface area (Å²) in [5, 5.41) is 10.8. The van der Waals surface area contributed by atoms with Gasteiger partial charge in [-0.05, 0) is 37.9 Å². The molecule has 0 radical (unpaired) electrons. The maximum Gasteiger partial charge on any atom is 0.217 e. The van der Waals surface area contributed by atoms with Crippen LogP contribution in [0.3, 0.4) is 0 Å². The minimum atomic E-state index is -0.183. The van der Waals surface area contributed by atoms with Crippen molar-refractivity contribution in [3.8, 4) is 11.8 Å². The minimum Gasteiger partial charge on any atom is -0.395 e. The van der Waals surface area contributed by atoms with Gasteiger partial charge in [-0.3, -0.25) is 9.69 Å². The lowest BCUT2D eigenvalue weighted by Gasteiger charge is -2.31. The molecule has 1 fully saturated rings. The minimum absolute atomic E-state index is 0.115. The third kappa shape index (κ3) is 5.50. The maximum atomic E-state index is 10.9. The Morgan fingerprint density at radius 3 is 2.90 bits per heavy atom. The van der Waals surface area contributed by atoms with Crippen molar-refractivity contribution in [3.63, 3.8) is 0 Å². The van der Waals surface area contributed by atoms with Crippen LogP contribution in [0.2, 0.25) is 0 Å². The molecule has 0 atom stereocenters. The third-order valence-electron chi connectivity index (χ3n) is 3.70. The third-order valence-corrected chi connectivity index (χ3v) is 4.62. The number of thiophene rings is 1. The van der Waals surface area contributed by atoms with E-state index in [1.807, 2.05) is 0 Å². The lowest BCUT2D eigenvalue weighted by atomic mass is 9.93.